The van der Waals surface area contributed by atoms with Crippen LogP contribution in [0.5, 0.6) is 0 Å². The van der Waals surface area contributed by atoms with Crippen LogP contribution in [0.25, 0.3) is 0 Å². The second-order valence-electron chi connectivity index (χ2n) is 10.0. The Bertz CT molecular complexity index is 1250. The van der Waals surface area contributed by atoms with E-state index < -0.39 is 0 Å². The Labute approximate surface area is 205 Å². The number of rotatable bonds is 5. The number of carbonyl (C=O) groups excluding carboxylic acids is 1. The maximum atomic E-state index is 12.8. The zero-order chi connectivity index (χ0) is 23.9. The number of hydrogen-bond donors (Lipinski definition) is 2. The Morgan fingerprint density at radius 3 is 3.00 bits per heavy atom. The molecule has 1 aliphatic carbocycles. The molecule has 0 spiro atoms. The molecule has 2 aromatic heterocycles. The molecule has 2 saturated heterocycles. The molecule has 3 aliphatic rings. The van der Waals surface area contributed by atoms with Gasteiger partial charge in [0.15, 0.2) is 5.69 Å². The highest BCUT2D eigenvalue weighted by atomic mass is 16.2. The van der Waals surface area contributed by atoms with Crippen molar-refractivity contribution in [2.75, 3.05) is 36.8 Å². The van der Waals surface area contributed by atoms with Gasteiger partial charge in [0.25, 0.3) is 5.91 Å². The van der Waals surface area contributed by atoms with Crippen molar-refractivity contribution in [3.8, 4) is 0 Å². The number of aryl methyl sites for hydroxylation is 1. The van der Waals surface area contributed by atoms with E-state index in [9.17, 15) is 4.79 Å². The van der Waals surface area contributed by atoms with Gasteiger partial charge < -0.3 is 16.0 Å². The number of amides is 1. The molecule has 2 aliphatic heterocycles. The molecule has 6 rings (SSSR count). The summed E-state index contributed by atoms with van der Waals surface area (Å²) in [7, 11) is 0. The molecule has 0 saturated carbocycles. The average Bonchev–Trinajstić information content (AvgIpc) is 3.59. The van der Waals surface area contributed by atoms with E-state index in [2.05, 4.69) is 55.5 Å². The number of carbonyl (C=O) groups is 1. The molecule has 182 valence electrons. The number of fused-ring (bicyclic) bond motifs is 2. The molecule has 9 nitrogen and oxygen atoms in total. The van der Waals surface area contributed by atoms with Crippen molar-refractivity contribution >= 4 is 17.4 Å². The number of nitrogens with one attached hydrogen (secondary N) is 1. The van der Waals surface area contributed by atoms with Crippen molar-refractivity contribution in [2.45, 2.75) is 51.2 Å². The fraction of sp³-hybridized carbons (Fsp3) is 0.462. The Hall–Kier alpha value is -3.46. The van der Waals surface area contributed by atoms with Crippen LogP contribution < -0.4 is 16.0 Å². The van der Waals surface area contributed by atoms with Crippen molar-refractivity contribution in [1.29, 1.82) is 0 Å². The van der Waals surface area contributed by atoms with Gasteiger partial charge >= 0.3 is 0 Å². The summed E-state index contributed by atoms with van der Waals surface area (Å²) in [5.74, 6) is 0.328. The van der Waals surface area contributed by atoms with Crippen LogP contribution in [0.15, 0.2) is 36.7 Å². The third kappa shape index (κ3) is 4.25. The number of aromatic nitrogens is 4. The van der Waals surface area contributed by atoms with E-state index in [-0.39, 0.29) is 11.9 Å². The lowest BCUT2D eigenvalue weighted by atomic mass is 10.1. The summed E-state index contributed by atoms with van der Waals surface area (Å²) in [4.78, 5) is 22.2. The number of hydrogen-bond acceptors (Lipinski definition) is 7. The molecule has 1 aromatic carbocycles. The predicted octanol–water partition coefficient (Wildman–Crippen LogP) is 2.31. The molecule has 3 aromatic rings. The number of pyridine rings is 1. The molecular weight excluding hydrogens is 440 g/mol. The van der Waals surface area contributed by atoms with E-state index in [0.717, 1.165) is 49.2 Å². The van der Waals surface area contributed by atoms with E-state index in [4.69, 9.17) is 5.73 Å². The lowest BCUT2D eigenvalue weighted by Crippen LogP contribution is -2.50. The molecule has 0 radical (unpaired) electrons. The number of piperazine rings is 1. The molecule has 2 fully saturated rings. The summed E-state index contributed by atoms with van der Waals surface area (Å²) in [5.41, 5.74) is 12.1. The third-order valence-corrected chi connectivity index (χ3v) is 7.79. The molecule has 3 N–H and O–H groups in total. The minimum Gasteiger partial charge on any atom is -0.383 e. The van der Waals surface area contributed by atoms with Gasteiger partial charge in [-0.05, 0) is 73.5 Å². The highest BCUT2D eigenvalue weighted by Gasteiger charge is 2.31. The Morgan fingerprint density at radius 2 is 2.11 bits per heavy atom. The van der Waals surface area contributed by atoms with Crippen LogP contribution >= 0.6 is 0 Å². The van der Waals surface area contributed by atoms with Crippen molar-refractivity contribution in [1.82, 2.24) is 30.2 Å². The van der Waals surface area contributed by atoms with Crippen molar-refractivity contribution in [2.24, 2.45) is 0 Å². The van der Waals surface area contributed by atoms with Gasteiger partial charge in [-0.25, -0.2) is 9.67 Å². The molecule has 2 atom stereocenters. The van der Waals surface area contributed by atoms with Gasteiger partial charge in [0, 0.05) is 37.6 Å². The van der Waals surface area contributed by atoms with Crippen molar-refractivity contribution in [3.63, 3.8) is 0 Å². The molecular formula is C26H32N8O. The van der Waals surface area contributed by atoms with Crippen LogP contribution in [0, 0.1) is 6.92 Å². The summed E-state index contributed by atoms with van der Waals surface area (Å²) in [6.45, 7) is 7.39. The fourth-order valence-electron chi connectivity index (χ4n) is 6.00. The number of nitrogens with zero attached hydrogens (tertiary/aromatic N) is 6. The second-order valence-corrected chi connectivity index (χ2v) is 10.0. The summed E-state index contributed by atoms with van der Waals surface area (Å²) in [6.07, 6.45) is 7.68. The average molecular weight is 473 g/mol. The van der Waals surface area contributed by atoms with E-state index in [0.29, 0.717) is 24.1 Å². The second kappa shape index (κ2) is 8.96. The van der Waals surface area contributed by atoms with E-state index in [1.807, 2.05) is 6.07 Å². The number of benzene rings is 1. The predicted molar refractivity (Wildman–Crippen MR) is 134 cm³/mol. The van der Waals surface area contributed by atoms with Gasteiger partial charge in [-0.3, -0.25) is 9.69 Å². The zero-order valence-corrected chi connectivity index (χ0v) is 20.2. The maximum Gasteiger partial charge on any atom is 0.273 e. The largest absolute Gasteiger partial charge is 0.383 e. The van der Waals surface area contributed by atoms with Crippen LogP contribution in [-0.4, -0.2) is 63.0 Å². The van der Waals surface area contributed by atoms with E-state index in [1.54, 1.807) is 17.1 Å². The van der Waals surface area contributed by atoms with Crippen LogP contribution in [0.1, 0.15) is 58.0 Å². The maximum absolute atomic E-state index is 12.8. The molecule has 1 unspecified atom stereocenters. The highest BCUT2D eigenvalue weighted by Crippen LogP contribution is 2.33. The first kappa shape index (κ1) is 22.0. The van der Waals surface area contributed by atoms with Gasteiger partial charge in [0.1, 0.15) is 5.82 Å². The standard InChI is InChI=1S/C26H32N8O/c1-17-13-18(4-7-24(17)33-12-11-32-10-2-3-19(32)15-33)14-34-16-23(30-31-34)26(35)29-22-6-5-21-20(22)8-9-28-25(21)27/h4,7-9,13,16,19,22H,2-3,5-6,10-12,14-15H2,1H3,(H2,27,28)(H,29,35)/t19?,22-/m1/s1. The lowest BCUT2D eigenvalue weighted by Gasteiger charge is -2.39. The Kier molecular flexibility index (Phi) is 5.64. The Morgan fingerprint density at radius 1 is 1.20 bits per heavy atom. The monoisotopic (exact) mass is 472 g/mol. The molecule has 35 heavy (non-hydrogen) atoms. The molecule has 1 amide bonds. The summed E-state index contributed by atoms with van der Waals surface area (Å²) in [5, 5.41) is 11.4. The first-order chi connectivity index (χ1) is 17.0. The molecule has 9 heteroatoms. The first-order valence-corrected chi connectivity index (χ1v) is 12.6. The molecule has 0 bridgehead atoms. The van der Waals surface area contributed by atoms with Crippen LogP contribution in [0.4, 0.5) is 11.5 Å². The highest BCUT2D eigenvalue weighted by molar-refractivity contribution is 5.92. The van der Waals surface area contributed by atoms with Gasteiger partial charge in [-0.1, -0.05) is 17.3 Å². The summed E-state index contributed by atoms with van der Waals surface area (Å²) >= 11 is 0. The van der Waals surface area contributed by atoms with Crippen molar-refractivity contribution in [3.05, 3.63) is 64.6 Å². The minimum absolute atomic E-state index is 0.0748. The summed E-state index contributed by atoms with van der Waals surface area (Å²) < 4.78 is 1.73. The number of anilines is 2. The Balaban J connectivity index is 1.10. The number of nitrogen functional groups attached to an aromatic ring is 1. The van der Waals surface area contributed by atoms with Gasteiger partial charge in [0.2, 0.25) is 0 Å². The van der Waals surface area contributed by atoms with Gasteiger partial charge in [-0.15, -0.1) is 5.10 Å². The lowest BCUT2D eigenvalue weighted by molar-refractivity contribution is 0.0931. The third-order valence-electron chi connectivity index (χ3n) is 7.79. The van der Waals surface area contributed by atoms with Gasteiger partial charge in [-0.2, -0.15) is 0 Å². The van der Waals surface area contributed by atoms with Crippen molar-refractivity contribution < 1.29 is 4.79 Å². The SMILES string of the molecule is Cc1cc(Cn2cc(C(=O)N[C@@H]3CCc4c3ccnc4N)nn2)ccc1N1CCN2CCCC2C1. The van der Waals surface area contributed by atoms with E-state index >= 15 is 0 Å². The van der Waals surface area contributed by atoms with E-state index in [1.165, 1.54) is 30.6 Å². The van der Waals surface area contributed by atoms with Gasteiger partial charge in [0.05, 0.1) is 18.8 Å². The fourth-order valence-corrected chi connectivity index (χ4v) is 6.00. The normalized spacial score (nSPS) is 21.7. The van der Waals surface area contributed by atoms with Crippen LogP contribution in [0.2, 0.25) is 0 Å². The molecule has 4 heterocycles. The summed E-state index contributed by atoms with van der Waals surface area (Å²) in [6, 6.07) is 9.19. The first-order valence-electron chi connectivity index (χ1n) is 12.6. The quantitative estimate of drug-likeness (QED) is 0.587. The van der Waals surface area contributed by atoms with Crippen LogP contribution in [-0.2, 0) is 13.0 Å². The van der Waals surface area contributed by atoms with Crippen LogP contribution in [0.3, 0.4) is 0 Å². The smallest absolute Gasteiger partial charge is 0.273 e. The minimum atomic E-state index is -0.220. The topological polar surface area (TPSA) is 105 Å². The number of nitrogens with two attached hydrogens (primary N) is 1. The zero-order valence-electron chi connectivity index (χ0n) is 20.2.